The minimum Gasteiger partial charge on any atom is -0.481 e. The van der Waals surface area contributed by atoms with Crippen LogP contribution in [0, 0.1) is 0 Å². The first-order chi connectivity index (χ1) is 8.89. The van der Waals surface area contributed by atoms with Crippen molar-refractivity contribution in [3.05, 3.63) is 18.1 Å². The van der Waals surface area contributed by atoms with Crippen LogP contribution in [0.1, 0.15) is 32.5 Å². The molecule has 0 atom stereocenters. The largest absolute Gasteiger partial charge is 0.481 e. The van der Waals surface area contributed by atoms with E-state index >= 15 is 0 Å². The molecule has 0 N–H and O–H groups in total. The second-order valence-corrected chi connectivity index (χ2v) is 5.54. The van der Waals surface area contributed by atoms with E-state index in [-0.39, 0.29) is 12.0 Å². The molecule has 1 amide bonds. The van der Waals surface area contributed by atoms with Crippen LogP contribution in [0.5, 0.6) is 5.88 Å². The number of amides is 1. The van der Waals surface area contributed by atoms with Gasteiger partial charge in [0.05, 0.1) is 13.0 Å². The van der Waals surface area contributed by atoms with Crippen molar-refractivity contribution in [3.63, 3.8) is 0 Å². The molecule has 1 aromatic rings. The van der Waals surface area contributed by atoms with E-state index in [0.29, 0.717) is 24.8 Å². The Kier molecular flexibility index (Phi) is 3.59. The summed E-state index contributed by atoms with van der Waals surface area (Å²) in [6.07, 6.45) is 1.38. The van der Waals surface area contributed by atoms with Crippen LogP contribution in [0.3, 0.4) is 0 Å². The molecule has 6 nitrogen and oxygen atoms in total. The Bertz CT molecular complexity index is 464. The van der Waals surface area contributed by atoms with Gasteiger partial charge in [-0.15, -0.1) is 0 Å². The van der Waals surface area contributed by atoms with Crippen molar-refractivity contribution in [1.29, 1.82) is 0 Å². The van der Waals surface area contributed by atoms with Gasteiger partial charge >= 0.3 is 6.09 Å². The molecule has 1 aromatic heterocycles. The molecule has 2 heterocycles. The van der Waals surface area contributed by atoms with Crippen LogP contribution >= 0.6 is 0 Å². The Morgan fingerprint density at radius 1 is 1.42 bits per heavy atom. The number of carbonyl (C=O) groups excluding carboxylic acids is 1. The van der Waals surface area contributed by atoms with E-state index in [4.69, 9.17) is 9.47 Å². The van der Waals surface area contributed by atoms with E-state index < -0.39 is 5.60 Å². The second kappa shape index (κ2) is 5.03. The minimum absolute atomic E-state index is 0.155. The standard InChI is InChI=1S/C13H19N3O3/c1-13(2,3)19-12(17)16-7-9(8-16)11-14-6-5-10(15-11)18-4/h5-6,9H,7-8H2,1-4H3. The predicted molar refractivity (Wildman–Crippen MR) is 69.1 cm³/mol. The van der Waals surface area contributed by atoms with Gasteiger partial charge in [-0.1, -0.05) is 0 Å². The molecule has 0 spiro atoms. The summed E-state index contributed by atoms with van der Waals surface area (Å²) in [6, 6.07) is 1.70. The van der Waals surface area contributed by atoms with E-state index in [1.54, 1.807) is 24.3 Å². The van der Waals surface area contributed by atoms with Crippen molar-refractivity contribution < 1.29 is 14.3 Å². The van der Waals surface area contributed by atoms with Crippen molar-refractivity contribution in [2.75, 3.05) is 20.2 Å². The average molecular weight is 265 g/mol. The maximum absolute atomic E-state index is 11.8. The zero-order chi connectivity index (χ0) is 14.0. The fraction of sp³-hybridized carbons (Fsp3) is 0.615. The normalized spacial score (nSPS) is 15.9. The van der Waals surface area contributed by atoms with Gasteiger partial charge in [0, 0.05) is 25.4 Å². The molecule has 0 aliphatic carbocycles. The maximum atomic E-state index is 11.8. The van der Waals surface area contributed by atoms with Gasteiger partial charge in [-0.25, -0.2) is 9.78 Å². The summed E-state index contributed by atoms with van der Waals surface area (Å²) in [6.45, 7) is 6.73. The van der Waals surface area contributed by atoms with Crippen LogP contribution in [-0.4, -0.2) is 46.8 Å². The highest BCUT2D eigenvalue weighted by molar-refractivity contribution is 5.69. The number of hydrogen-bond acceptors (Lipinski definition) is 5. The molecule has 2 rings (SSSR count). The molecule has 0 saturated carbocycles. The van der Waals surface area contributed by atoms with Crippen LogP contribution in [0.4, 0.5) is 4.79 Å². The monoisotopic (exact) mass is 265 g/mol. The van der Waals surface area contributed by atoms with Gasteiger partial charge in [-0.05, 0) is 20.8 Å². The highest BCUT2D eigenvalue weighted by Crippen LogP contribution is 2.26. The molecule has 0 unspecified atom stereocenters. The molecular weight excluding hydrogens is 246 g/mol. The number of ether oxygens (including phenoxy) is 2. The van der Waals surface area contributed by atoms with Gasteiger partial charge < -0.3 is 14.4 Å². The van der Waals surface area contributed by atoms with Gasteiger partial charge in [0.2, 0.25) is 5.88 Å². The van der Waals surface area contributed by atoms with Crippen LogP contribution in [0.2, 0.25) is 0 Å². The third-order valence-corrected chi connectivity index (χ3v) is 2.76. The summed E-state index contributed by atoms with van der Waals surface area (Å²) in [5.74, 6) is 1.41. The van der Waals surface area contributed by atoms with Crippen LogP contribution in [0.15, 0.2) is 12.3 Å². The van der Waals surface area contributed by atoms with Crippen molar-refractivity contribution >= 4 is 6.09 Å². The topological polar surface area (TPSA) is 64.5 Å². The lowest BCUT2D eigenvalue weighted by Crippen LogP contribution is -2.50. The molecular formula is C13H19N3O3. The van der Waals surface area contributed by atoms with E-state index in [0.717, 1.165) is 0 Å². The first kappa shape index (κ1) is 13.6. The van der Waals surface area contributed by atoms with Gasteiger partial charge in [-0.3, -0.25) is 0 Å². The van der Waals surface area contributed by atoms with Gasteiger partial charge in [0.1, 0.15) is 11.4 Å². The van der Waals surface area contributed by atoms with Gasteiger partial charge in [0.15, 0.2) is 0 Å². The molecule has 1 fully saturated rings. The molecule has 1 saturated heterocycles. The van der Waals surface area contributed by atoms with Crippen LogP contribution < -0.4 is 4.74 Å². The molecule has 1 aliphatic heterocycles. The lowest BCUT2D eigenvalue weighted by molar-refractivity contribution is 0.00749. The Morgan fingerprint density at radius 2 is 2.11 bits per heavy atom. The first-order valence-corrected chi connectivity index (χ1v) is 6.24. The Balaban J connectivity index is 1.90. The highest BCUT2D eigenvalue weighted by Gasteiger charge is 2.36. The number of nitrogens with zero attached hydrogens (tertiary/aromatic N) is 3. The molecule has 0 bridgehead atoms. The number of methoxy groups -OCH3 is 1. The maximum Gasteiger partial charge on any atom is 0.410 e. The fourth-order valence-electron chi connectivity index (χ4n) is 1.78. The first-order valence-electron chi connectivity index (χ1n) is 6.24. The Hall–Kier alpha value is -1.85. The number of hydrogen-bond donors (Lipinski definition) is 0. The molecule has 6 heteroatoms. The lowest BCUT2D eigenvalue weighted by Gasteiger charge is -2.38. The quantitative estimate of drug-likeness (QED) is 0.816. The van der Waals surface area contributed by atoms with E-state index in [2.05, 4.69) is 9.97 Å². The van der Waals surface area contributed by atoms with E-state index in [1.165, 1.54) is 0 Å². The Morgan fingerprint density at radius 3 is 2.68 bits per heavy atom. The molecule has 104 valence electrons. The van der Waals surface area contributed by atoms with E-state index in [1.807, 2.05) is 20.8 Å². The summed E-state index contributed by atoms with van der Waals surface area (Å²) >= 11 is 0. The van der Waals surface area contributed by atoms with Crippen molar-refractivity contribution in [2.45, 2.75) is 32.3 Å². The summed E-state index contributed by atoms with van der Waals surface area (Å²) < 4.78 is 10.3. The third kappa shape index (κ3) is 3.33. The summed E-state index contributed by atoms with van der Waals surface area (Å²) in [5.41, 5.74) is -0.464. The molecule has 19 heavy (non-hydrogen) atoms. The highest BCUT2D eigenvalue weighted by atomic mass is 16.6. The van der Waals surface area contributed by atoms with Crippen LogP contribution in [-0.2, 0) is 4.74 Å². The second-order valence-electron chi connectivity index (χ2n) is 5.54. The zero-order valence-electron chi connectivity index (χ0n) is 11.7. The SMILES string of the molecule is COc1ccnc(C2CN(C(=O)OC(C)(C)C)C2)n1. The number of aromatic nitrogens is 2. The summed E-state index contributed by atoms with van der Waals surface area (Å²) in [5, 5.41) is 0. The van der Waals surface area contributed by atoms with Crippen molar-refractivity contribution in [3.8, 4) is 5.88 Å². The van der Waals surface area contributed by atoms with E-state index in [9.17, 15) is 4.79 Å². The smallest absolute Gasteiger partial charge is 0.410 e. The lowest BCUT2D eigenvalue weighted by atomic mass is 10.00. The van der Waals surface area contributed by atoms with Gasteiger partial charge in [0.25, 0.3) is 0 Å². The number of likely N-dealkylation sites (tertiary alicyclic amines) is 1. The van der Waals surface area contributed by atoms with Crippen molar-refractivity contribution in [1.82, 2.24) is 14.9 Å². The Labute approximate surface area is 112 Å². The summed E-state index contributed by atoms with van der Waals surface area (Å²) in [4.78, 5) is 21.9. The molecule has 0 aromatic carbocycles. The summed E-state index contributed by atoms with van der Waals surface area (Å²) in [7, 11) is 1.57. The zero-order valence-corrected chi connectivity index (χ0v) is 11.7. The predicted octanol–water partition coefficient (Wildman–Crippen LogP) is 1.82. The number of carbonyl (C=O) groups is 1. The van der Waals surface area contributed by atoms with Crippen LogP contribution in [0.25, 0.3) is 0 Å². The third-order valence-electron chi connectivity index (χ3n) is 2.76. The molecule has 0 radical (unpaired) electrons. The molecule has 1 aliphatic rings. The van der Waals surface area contributed by atoms with Gasteiger partial charge in [-0.2, -0.15) is 4.98 Å². The number of rotatable bonds is 2. The fourth-order valence-corrected chi connectivity index (χ4v) is 1.78. The minimum atomic E-state index is -0.464. The van der Waals surface area contributed by atoms with Crippen molar-refractivity contribution in [2.24, 2.45) is 0 Å². The average Bonchev–Trinajstić information content (AvgIpc) is 2.25.